The largest absolute Gasteiger partial charge is 2.00 e. The van der Waals surface area contributed by atoms with Gasteiger partial charge in [-0.3, -0.25) is 0 Å². The molecule has 1 fully saturated rings. The van der Waals surface area contributed by atoms with E-state index in [-0.39, 0.29) is 57.6 Å². The van der Waals surface area contributed by atoms with Crippen LogP contribution in [0.1, 0.15) is 67.2 Å². The Kier molecular flexibility index (Phi) is 19.2. The average molecular weight is 800 g/mol. The van der Waals surface area contributed by atoms with Crippen LogP contribution in [-0.4, -0.2) is 155 Å². The maximum absolute atomic E-state index is 10.7. The fourth-order valence-electron chi connectivity index (χ4n) is 4.64. The number of alkyl halides is 6. The average Bonchev–Trinajstić information content (AvgIpc) is 2.92. The van der Waals surface area contributed by atoms with E-state index in [2.05, 4.69) is 73.7 Å². The first-order chi connectivity index (χ1) is 20.8. The molecular formula is C26H42F6N6O6S2Sr+2. The van der Waals surface area contributed by atoms with Crippen molar-refractivity contribution in [2.24, 2.45) is 0 Å². The van der Waals surface area contributed by atoms with Gasteiger partial charge < -0.3 is 19.7 Å². The number of hydrogen-bond acceptors (Lipinski definition) is 6. The Bertz CT molecular complexity index is 1360. The van der Waals surface area contributed by atoms with Gasteiger partial charge in [0.2, 0.25) is 25.2 Å². The van der Waals surface area contributed by atoms with Gasteiger partial charge >= 0.3 is 56.5 Å². The van der Waals surface area contributed by atoms with Crippen LogP contribution in [0, 0.1) is 0 Å². The summed E-state index contributed by atoms with van der Waals surface area (Å²) in [4.78, 5) is 14.7. The maximum atomic E-state index is 10.7. The van der Waals surface area contributed by atoms with Gasteiger partial charge in [-0.05, 0) is 18.5 Å². The summed E-state index contributed by atoms with van der Waals surface area (Å²) >= 11 is 0. The van der Waals surface area contributed by atoms with Crippen molar-refractivity contribution in [3.8, 4) is 0 Å². The molecule has 6 atom stereocenters. The minimum Gasteiger partial charge on any atom is -0.741 e. The van der Waals surface area contributed by atoms with Gasteiger partial charge in [-0.2, -0.15) is 26.3 Å². The number of nitrogens with zero attached hydrogens (tertiary/aromatic N) is 2. The molecule has 0 aromatic rings. The fourth-order valence-corrected chi connectivity index (χ4v) is 4.64. The van der Waals surface area contributed by atoms with E-state index in [0.29, 0.717) is 24.2 Å². The Balaban J connectivity index is 0.00000103. The first-order valence-electron chi connectivity index (χ1n) is 14.3. The fraction of sp³-hybridized carbons (Fsp3) is 0.769. The summed E-state index contributed by atoms with van der Waals surface area (Å²) in [6.07, 6.45) is 9.01. The molecule has 3 aliphatic rings. The van der Waals surface area contributed by atoms with E-state index in [0.717, 1.165) is 32.4 Å². The molecule has 0 aromatic heterocycles. The monoisotopic (exact) mass is 800 g/mol. The van der Waals surface area contributed by atoms with E-state index in [4.69, 9.17) is 36.6 Å². The second-order valence-electron chi connectivity index (χ2n) is 11.3. The van der Waals surface area contributed by atoms with Gasteiger partial charge in [0, 0.05) is 41.5 Å². The zero-order valence-corrected chi connectivity index (χ0v) is 32.1. The SMILES string of the molecule is CC1=[NH+]C(C)C[NH+]=C(C)C2CCCC([N-]2)C(C)=[NH+]C(C)C[NH+]=C(C)C2CC=CC1[N-]2.O=S(=O)([O-])C(F)(F)F.O=S(=O)([O-])C(F)(F)F.[Sr+2]. The molecule has 12 nitrogen and oxygen atoms in total. The molecule has 0 spiro atoms. The maximum Gasteiger partial charge on any atom is 2.00 e. The number of fused-ring (bicyclic) bond motifs is 4. The van der Waals surface area contributed by atoms with Gasteiger partial charge in [0.25, 0.3) is 0 Å². The van der Waals surface area contributed by atoms with Crippen LogP contribution >= 0.6 is 0 Å². The molecule has 0 aromatic carbocycles. The van der Waals surface area contributed by atoms with E-state index in [1.54, 1.807) is 0 Å². The van der Waals surface area contributed by atoms with E-state index < -0.39 is 31.3 Å². The van der Waals surface area contributed by atoms with E-state index in [1.165, 1.54) is 29.3 Å². The first kappa shape index (κ1) is 46.2. The second kappa shape index (κ2) is 19.6. The third-order valence-corrected chi connectivity index (χ3v) is 8.30. The van der Waals surface area contributed by atoms with Gasteiger partial charge in [-0.1, -0.05) is 43.5 Å². The van der Waals surface area contributed by atoms with Crippen molar-refractivity contribution >= 4 is 88.6 Å². The predicted molar refractivity (Wildman–Crippen MR) is 162 cm³/mol. The van der Waals surface area contributed by atoms with E-state index >= 15 is 0 Å². The quantitative estimate of drug-likeness (QED) is 0.0664. The Labute approximate surface area is 308 Å². The summed E-state index contributed by atoms with van der Waals surface area (Å²) < 4.78 is 118. The van der Waals surface area contributed by atoms with Crippen LogP contribution < -0.4 is 20.0 Å². The Morgan fingerprint density at radius 1 is 0.702 bits per heavy atom. The molecular weight excluding hydrogens is 758 g/mol. The van der Waals surface area contributed by atoms with Crippen molar-refractivity contribution in [1.82, 2.24) is 0 Å². The van der Waals surface area contributed by atoms with E-state index in [9.17, 15) is 26.3 Å². The molecule has 47 heavy (non-hydrogen) atoms. The van der Waals surface area contributed by atoms with Crippen molar-refractivity contribution in [2.45, 2.75) is 114 Å². The van der Waals surface area contributed by atoms with Gasteiger partial charge in [-0.25, -0.2) is 36.8 Å². The summed E-state index contributed by atoms with van der Waals surface area (Å²) in [6.45, 7) is 15.0. The van der Waals surface area contributed by atoms with Crippen molar-refractivity contribution in [3.05, 3.63) is 22.8 Å². The van der Waals surface area contributed by atoms with Crippen LogP contribution in [0.3, 0.4) is 0 Å². The first-order valence-corrected chi connectivity index (χ1v) is 17.1. The topological polar surface area (TPSA) is 198 Å². The van der Waals surface area contributed by atoms with Gasteiger partial charge in [0.05, 0.1) is 0 Å². The standard InChI is InChI=1S/C24H38N6.2CHF3O3S.Sr/c1-15-13-25-17(3)21-9-8-12-24(30-21)20(6)28-16(2)14-26-18(4)22-10-7-11-23(29-22)19(5)27-15;2*2-1(3,4)8(5,6)7;/h7,11,15-16,21-24H,8-10,12-14H2,1-6H3;2*(H,5,6,7);/q-2;;;+2/p+2. The molecule has 0 radical (unpaired) electrons. The Morgan fingerprint density at radius 2 is 1.09 bits per heavy atom. The summed E-state index contributed by atoms with van der Waals surface area (Å²) in [5, 5.41) is 10.3. The van der Waals surface area contributed by atoms with Gasteiger partial charge in [-0.15, -0.1) is 0 Å². The molecule has 6 unspecified atom stereocenters. The van der Waals surface area contributed by atoms with E-state index in [1.807, 2.05) is 0 Å². The summed E-state index contributed by atoms with van der Waals surface area (Å²) in [6, 6.07) is 1.65. The molecule has 3 heterocycles. The number of rotatable bonds is 0. The summed E-state index contributed by atoms with van der Waals surface area (Å²) in [7, 11) is -12.2. The van der Waals surface area contributed by atoms with Crippen LogP contribution in [0.25, 0.3) is 10.6 Å². The number of nitrogens with one attached hydrogen (secondary N) is 4. The molecule has 0 amide bonds. The zero-order chi connectivity index (χ0) is 35.7. The minimum atomic E-state index is -6.09. The van der Waals surface area contributed by atoms with Crippen LogP contribution in [0.15, 0.2) is 12.2 Å². The molecule has 21 heteroatoms. The number of piperidine rings is 1. The zero-order valence-electron chi connectivity index (χ0n) is 27.0. The molecule has 0 aliphatic carbocycles. The molecule has 0 saturated carbocycles. The number of halogens is 6. The van der Waals surface area contributed by atoms with Gasteiger partial charge in [0.15, 0.2) is 20.2 Å². The van der Waals surface area contributed by atoms with Crippen LogP contribution in [-0.2, 0) is 20.2 Å². The van der Waals surface area contributed by atoms with Crippen LogP contribution in [0.2, 0.25) is 0 Å². The molecule has 4 bridgehead atoms. The van der Waals surface area contributed by atoms with Crippen LogP contribution in [0.4, 0.5) is 26.3 Å². The van der Waals surface area contributed by atoms with Crippen molar-refractivity contribution in [1.29, 1.82) is 0 Å². The minimum absolute atomic E-state index is 0. The van der Waals surface area contributed by atoms with Crippen molar-refractivity contribution in [3.63, 3.8) is 0 Å². The molecule has 3 aliphatic heterocycles. The molecule has 4 N–H and O–H groups in total. The smallest absolute Gasteiger partial charge is 0.741 e. The predicted octanol–water partition coefficient (Wildman–Crippen LogP) is -2.97. The number of hydrogen-bond donors (Lipinski definition) is 4. The van der Waals surface area contributed by atoms with Crippen molar-refractivity contribution in [2.75, 3.05) is 13.1 Å². The Hall–Kier alpha value is -0.779. The third-order valence-electron chi connectivity index (χ3n) is 7.17. The Morgan fingerprint density at radius 3 is 1.51 bits per heavy atom. The molecule has 3 rings (SSSR count). The third kappa shape index (κ3) is 16.7. The summed E-state index contributed by atoms with van der Waals surface area (Å²) in [5.41, 5.74) is -6.22. The molecule has 1 saturated heterocycles. The van der Waals surface area contributed by atoms with Gasteiger partial charge in [0.1, 0.15) is 22.8 Å². The normalized spacial score (nSPS) is 28.1. The van der Waals surface area contributed by atoms with Crippen LogP contribution in [0.5, 0.6) is 0 Å². The second-order valence-corrected chi connectivity index (χ2v) is 14.0. The molecule has 266 valence electrons. The summed E-state index contributed by atoms with van der Waals surface area (Å²) in [5.74, 6) is 0. The van der Waals surface area contributed by atoms with Crippen molar-refractivity contribution < 1.29 is 72.3 Å².